The van der Waals surface area contributed by atoms with E-state index in [9.17, 15) is 0 Å². The van der Waals surface area contributed by atoms with Crippen molar-refractivity contribution in [3.05, 3.63) is 64.5 Å². The number of hydrogen-bond donors (Lipinski definition) is 1. The third-order valence-electron chi connectivity index (χ3n) is 2.76. The van der Waals surface area contributed by atoms with Crippen LogP contribution in [0.2, 0.25) is 10.2 Å². The molecule has 0 fully saturated rings. The van der Waals surface area contributed by atoms with Crippen LogP contribution in [-0.4, -0.2) is 16.4 Å². The molecule has 0 unspecified atom stereocenters. The Labute approximate surface area is 136 Å². The van der Waals surface area contributed by atoms with Gasteiger partial charge in [-0.1, -0.05) is 23.2 Å². The van der Waals surface area contributed by atoms with Gasteiger partial charge in [-0.05, 0) is 48.5 Å². The third kappa shape index (κ3) is 3.63. The Morgan fingerprint density at radius 1 is 0.955 bits per heavy atom. The van der Waals surface area contributed by atoms with Crippen molar-refractivity contribution in [1.29, 1.82) is 0 Å². The molecular formula is C15H10Cl2N4O. The van der Waals surface area contributed by atoms with E-state index in [1.807, 2.05) is 36.4 Å². The highest BCUT2D eigenvalue weighted by molar-refractivity contribution is 6.30. The molecule has 0 radical (unpaired) electrons. The van der Waals surface area contributed by atoms with E-state index in [1.165, 1.54) is 0 Å². The quantitative estimate of drug-likeness (QED) is 0.564. The number of hydrogen-bond acceptors (Lipinski definition) is 5. The Morgan fingerprint density at radius 2 is 1.77 bits per heavy atom. The number of rotatable bonds is 4. The van der Waals surface area contributed by atoms with Crippen LogP contribution in [0.15, 0.2) is 58.0 Å². The molecule has 3 rings (SSSR count). The number of hydrazone groups is 1. The number of benzene rings is 1. The van der Waals surface area contributed by atoms with E-state index in [0.717, 1.165) is 11.3 Å². The highest BCUT2D eigenvalue weighted by Gasteiger charge is 2.03. The summed E-state index contributed by atoms with van der Waals surface area (Å²) in [5, 5.41) is 12.6. The van der Waals surface area contributed by atoms with Crippen LogP contribution in [0.4, 0.5) is 5.82 Å². The van der Waals surface area contributed by atoms with Crippen molar-refractivity contribution < 1.29 is 4.42 Å². The summed E-state index contributed by atoms with van der Waals surface area (Å²) in [6.45, 7) is 0. The Kier molecular flexibility index (Phi) is 4.37. The summed E-state index contributed by atoms with van der Waals surface area (Å²) in [6, 6.07) is 14.4. The smallest absolute Gasteiger partial charge is 0.168 e. The Balaban J connectivity index is 1.67. The van der Waals surface area contributed by atoms with Crippen molar-refractivity contribution in [3.8, 4) is 11.3 Å². The lowest BCUT2D eigenvalue weighted by Crippen LogP contribution is -1.94. The zero-order chi connectivity index (χ0) is 15.4. The van der Waals surface area contributed by atoms with E-state index < -0.39 is 0 Å². The molecule has 0 bridgehead atoms. The summed E-state index contributed by atoms with van der Waals surface area (Å²) in [7, 11) is 0. The molecule has 1 N–H and O–H groups in total. The average molecular weight is 333 g/mol. The van der Waals surface area contributed by atoms with Crippen molar-refractivity contribution in [2.75, 3.05) is 5.43 Å². The molecular weight excluding hydrogens is 323 g/mol. The number of halogens is 2. The molecule has 0 saturated heterocycles. The first-order valence-electron chi connectivity index (χ1n) is 6.35. The monoisotopic (exact) mass is 332 g/mol. The Bertz CT molecular complexity index is 782. The topological polar surface area (TPSA) is 63.3 Å². The van der Waals surface area contributed by atoms with Crippen LogP contribution in [-0.2, 0) is 0 Å². The molecule has 0 amide bonds. The predicted octanol–water partition coefficient (Wildman–Crippen LogP) is 4.49. The lowest BCUT2D eigenvalue weighted by molar-refractivity contribution is 0.575. The molecule has 0 saturated carbocycles. The number of nitrogens with zero attached hydrogens (tertiary/aromatic N) is 3. The zero-order valence-corrected chi connectivity index (χ0v) is 12.7. The standard InChI is InChI=1S/C15H10Cl2N4O/c16-11-3-1-10(2-4-11)13-6-5-12(22-13)9-18-20-15-8-7-14(17)19-21-15/h1-9H,(H,20,21)/b18-9+. The van der Waals surface area contributed by atoms with E-state index in [4.69, 9.17) is 27.6 Å². The van der Waals surface area contributed by atoms with Crippen molar-refractivity contribution in [2.45, 2.75) is 0 Å². The summed E-state index contributed by atoms with van der Waals surface area (Å²) < 4.78 is 5.68. The lowest BCUT2D eigenvalue weighted by Gasteiger charge is -1.97. The fourth-order valence-electron chi connectivity index (χ4n) is 1.73. The molecule has 2 heterocycles. The maximum atomic E-state index is 5.86. The first kappa shape index (κ1) is 14.6. The van der Waals surface area contributed by atoms with Gasteiger partial charge in [-0.2, -0.15) is 5.10 Å². The number of furan rings is 1. The molecule has 22 heavy (non-hydrogen) atoms. The van der Waals surface area contributed by atoms with E-state index >= 15 is 0 Å². The van der Waals surface area contributed by atoms with Crippen LogP contribution in [0.5, 0.6) is 0 Å². The van der Waals surface area contributed by atoms with E-state index in [2.05, 4.69) is 20.7 Å². The van der Waals surface area contributed by atoms with Gasteiger partial charge in [-0.25, -0.2) is 0 Å². The molecule has 3 aromatic rings. The van der Waals surface area contributed by atoms with Gasteiger partial charge in [0.15, 0.2) is 11.0 Å². The molecule has 2 aromatic heterocycles. The second-order valence-corrected chi connectivity index (χ2v) is 5.14. The summed E-state index contributed by atoms with van der Waals surface area (Å²) in [5.74, 6) is 1.84. The SMILES string of the molecule is Clc1ccc(-c2ccc(/C=N/Nc3ccc(Cl)nn3)o2)cc1. The lowest BCUT2D eigenvalue weighted by atomic mass is 10.2. The van der Waals surface area contributed by atoms with Crippen molar-refractivity contribution >= 4 is 35.2 Å². The van der Waals surface area contributed by atoms with Gasteiger partial charge in [0.2, 0.25) is 0 Å². The number of aromatic nitrogens is 2. The summed E-state index contributed by atoms with van der Waals surface area (Å²) in [5.41, 5.74) is 3.68. The molecule has 110 valence electrons. The third-order valence-corrected chi connectivity index (χ3v) is 3.21. The van der Waals surface area contributed by atoms with Gasteiger partial charge in [0.1, 0.15) is 11.5 Å². The summed E-state index contributed by atoms with van der Waals surface area (Å²) in [4.78, 5) is 0. The first-order chi connectivity index (χ1) is 10.7. The number of nitrogens with one attached hydrogen (secondary N) is 1. The first-order valence-corrected chi connectivity index (χ1v) is 7.10. The van der Waals surface area contributed by atoms with Crippen LogP contribution in [0, 0.1) is 0 Å². The molecule has 0 aliphatic carbocycles. The summed E-state index contributed by atoms with van der Waals surface area (Å²) >= 11 is 11.5. The van der Waals surface area contributed by atoms with Gasteiger partial charge in [0.25, 0.3) is 0 Å². The van der Waals surface area contributed by atoms with Crippen LogP contribution in [0.25, 0.3) is 11.3 Å². The van der Waals surface area contributed by atoms with Crippen molar-refractivity contribution in [2.24, 2.45) is 5.10 Å². The van der Waals surface area contributed by atoms with Crippen LogP contribution in [0.1, 0.15) is 5.76 Å². The fraction of sp³-hybridized carbons (Fsp3) is 0. The maximum absolute atomic E-state index is 5.86. The molecule has 5 nitrogen and oxygen atoms in total. The van der Waals surface area contributed by atoms with Crippen molar-refractivity contribution in [3.63, 3.8) is 0 Å². The predicted molar refractivity (Wildman–Crippen MR) is 87.4 cm³/mol. The Morgan fingerprint density at radius 3 is 2.50 bits per heavy atom. The minimum Gasteiger partial charge on any atom is -0.455 e. The highest BCUT2D eigenvalue weighted by atomic mass is 35.5. The van der Waals surface area contributed by atoms with Gasteiger partial charge < -0.3 is 4.42 Å². The van der Waals surface area contributed by atoms with Crippen LogP contribution < -0.4 is 5.43 Å². The zero-order valence-electron chi connectivity index (χ0n) is 11.2. The van der Waals surface area contributed by atoms with E-state index in [1.54, 1.807) is 18.3 Å². The van der Waals surface area contributed by atoms with Crippen molar-refractivity contribution in [1.82, 2.24) is 10.2 Å². The molecule has 0 spiro atoms. The second kappa shape index (κ2) is 6.60. The minimum atomic E-state index is 0.327. The normalized spacial score (nSPS) is 11.0. The summed E-state index contributed by atoms with van der Waals surface area (Å²) in [6.07, 6.45) is 1.55. The van der Waals surface area contributed by atoms with Gasteiger partial charge in [-0.3, -0.25) is 5.43 Å². The molecule has 0 atom stereocenters. The Hall–Kier alpha value is -2.37. The van der Waals surface area contributed by atoms with Gasteiger partial charge in [0.05, 0.1) is 6.21 Å². The fourth-order valence-corrected chi connectivity index (χ4v) is 1.96. The molecule has 1 aromatic carbocycles. The van der Waals surface area contributed by atoms with Gasteiger partial charge in [-0.15, -0.1) is 10.2 Å². The van der Waals surface area contributed by atoms with Gasteiger partial charge >= 0.3 is 0 Å². The van der Waals surface area contributed by atoms with E-state index in [0.29, 0.717) is 21.8 Å². The van der Waals surface area contributed by atoms with E-state index in [-0.39, 0.29) is 0 Å². The molecule has 0 aliphatic heterocycles. The van der Waals surface area contributed by atoms with Crippen LogP contribution in [0.3, 0.4) is 0 Å². The number of anilines is 1. The molecule has 0 aliphatic rings. The maximum Gasteiger partial charge on any atom is 0.168 e. The minimum absolute atomic E-state index is 0.327. The largest absolute Gasteiger partial charge is 0.455 e. The molecule has 7 heteroatoms. The second-order valence-electron chi connectivity index (χ2n) is 4.32. The van der Waals surface area contributed by atoms with Crippen LogP contribution >= 0.6 is 23.2 Å². The average Bonchev–Trinajstić information content (AvgIpc) is 2.99. The highest BCUT2D eigenvalue weighted by Crippen LogP contribution is 2.23. The van der Waals surface area contributed by atoms with Gasteiger partial charge in [0, 0.05) is 10.6 Å².